The van der Waals surface area contributed by atoms with Gasteiger partial charge in [0.1, 0.15) is 0 Å². The largest absolute Gasteiger partial charge is 0.449 e. The number of rotatable bonds is 5. The Labute approximate surface area is 90.9 Å². The molecule has 0 aromatic carbocycles. The molecular formula is C10H21N3O2. The SMILES string of the molecule is CCCCOC(=O)NNC1CCCNC1. The fourth-order valence-corrected chi connectivity index (χ4v) is 1.48. The zero-order valence-corrected chi connectivity index (χ0v) is 9.34. The van der Waals surface area contributed by atoms with Gasteiger partial charge in [0.25, 0.3) is 0 Å². The molecule has 0 aromatic rings. The predicted molar refractivity (Wildman–Crippen MR) is 58.4 cm³/mol. The van der Waals surface area contributed by atoms with Crippen LogP contribution in [0.4, 0.5) is 4.79 Å². The molecule has 0 saturated carbocycles. The first-order valence-electron chi connectivity index (χ1n) is 5.72. The maximum Gasteiger partial charge on any atom is 0.421 e. The van der Waals surface area contributed by atoms with E-state index < -0.39 is 0 Å². The van der Waals surface area contributed by atoms with E-state index in [9.17, 15) is 4.79 Å². The number of carbonyl (C=O) groups excluding carboxylic acids is 1. The van der Waals surface area contributed by atoms with Gasteiger partial charge in [0.05, 0.1) is 6.61 Å². The van der Waals surface area contributed by atoms with Crippen molar-refractivity contribution in [2.45, 2.75) is 38.6 Å². The number of ether oxygens (including phenoxy) is 1. The molecule has 5 nitrogen and oxygen atoms in total. The Morgan fingerprint density at radius 1 is 1.60 bits per heavy atom. The molecule has 5 heteroatoms. The highest BCUT2D eigenvalue weighted by Crippen LogP contribution is 1.99. The Morgan fingerprint density at radius 2 is 2.47 bits per heavy atom. The van der Waals surface area contributed by atoms with Gasteiger partial charge in [-0.05, 0) is 25.8 Å². The Morgan fingerprint density at radius 3 is 3.13 bits per heavy atom. The van der Waals surface area contributed by atoms with Gasteiger partial charge in [0, 0.05) is 12.6 Å². The molecule has 3 N–H and O–H groups in total. The molecule has 1 fully saturated rings. The lowest BCUT2D eigenvalue weighted by molar-refractivity contribution is 0.136. The summed E-state index contributed by atoms with van der Waals surface area (Å²) in [5.41, 5.74) is 5.52. The van der Waals surface area contributed by atoms with E-state index in [1.54, 1.807) is 0 Å². The number of hydrogen-bond donors (Lipinski definition) is 3. The van der Waals surface area contributed by atoms with Crippen molar-refractivity contribution >= 4 is 6.09 Å². The molecule has 1 aliphatic rings. The van der Waals surface area contributed by atoms with Crippen molar-refractivity contribution in [3.63, 3.8) is 0 Å². The van der Waals surface area contributed by atoms with Crippen LogP contribution in [0.1, 0.15) is 32.6 Å². The summed E-state index contributed by atoms with van der Waals surface area (Å²) in [6, 6.07) is 0.317. The van der Waals surface area contributed by atoms with E-state index in [0.717, 1.165) is 38.8 Å². The maximum absolute atomic E-state index is 11.1. The number of amides is 1. The van der Waals surface area contributed by atoms with E-state index in [4.69, 9.17) is 4.74 Å². The van der Waals surface area contributed by atoms with Crippen molar-refractivity contribution in [3.8, 4) is 0 Å². The molecule has 0 aliphatic carbocycles. The van der Waals surface area contributed by atoms with Crippen LogP contribution in [0.5, 0.6) is 0 Å². The van der Waals surface area contributed by atoms with E-state index >= 15 is 0 Å². The predicted octanol–water partition coefficient (Wildman–Crippen LogP) is 0.769. The third-order valence-corrected chi connectivity index (χ3v) is 2.41. The molecule has 1 saturated heterocycles. The first kappa shape index (κ1) is 12.3. The van der Waals surface area contributed by atoms with Gasteiger partial charge in [-0.3, -0.25) is 5.43 Å². The van der Waals surface area contributed by atoms with Crippen LogP contribution < -0.4 is 16.2 Å². The summed E-state index contributed by atoms with van der Waals surface area (Å²) in [5.74, 6) is 0. The van der Waals surface area contributed by atoms with Crippen LogP contribution in [0.3, 0.4) is 0 Å². The molecule has 15 heavy (non-hydrogen) atoms. The third kappa shape index (κ3) is 5.59. The summed E-state index contributed by atoms with van der Waals surface area (Å²) in [4.78, 5) is 11.1. The molecule has 1 unspecified atom stereocenters. The summed E-state index contributed by atoms with van der Waals surface area (Å²) in [5, 5.41) is 3.26. The molecule has 1 aliphatic heterocycles. The van der Waals surface area contributed by atoms with E-state index in [2.05, 4.69) is 23.1 Å². The standard InChI is InChI=1S/C10H21N3O2/c1-2-3-7-15-10(14)13-12-9-5-4-6-11-8-9/h9,11-12H,2-8H2,1H3,(H,13,14). The number of nitrogens with one attached hydrogen (secondary N) is 3. The topological polar surface area (TPSA) is 62.4 Å². The maximum atomic E-state index is 11.1. The minimum absolute atomic E-state index is 0.317. The van der Waals surface area contributed by atoms with Gasteiger partial charge in [-0.25, -0.2) is 10.2 Å². The zero-order chi connectivity index (χ0) is 10.9. The summed E-state index contributed by atoms with van der Waals surface area (Å²) >= 11 is 0. The van der Waals surface area contributed by atoms with Crippen molar-refractivity contribution in [2.24, 2.45) is 0 Å². The highest BCUT2D eigenvalue weighted by atomic mass is 16.6. The van der Waals surface area contributed by atoms with Crippen molar-refractivity contribution in [2.75, 3.05) is 19.7 Å². The van der Waals surface area contributed by atoms with E-state index in [0.29, 0.717) is 12.6 Å². The number of carbonyl (C=O) groups is 1. The fraction of sp³-hybridized carbons (Fsp3) is 0.900. The molecule has 0 radical (unpaired) electrons. The van der Waals surface area contributed by atoms with Crippen molar-refractivity contribution in [1.29, 1.82) is 0 Å². The van der Waals surface area contributed by atoms with Crippen molar-refractivity contribution in [3.05, 3.63) is 0 Å². The van der Waals surface area contributed by atoms with E-state index in [1.165, 1.54) is 0 Å². The molecule has 0 bridgehead atoms. The molecule has 0 spiro atoms. The van der Waals surface area contributed by atoms with Crippen LogP contribution in [0.25, 0.3) is 0 Å². The second kappa shape index (κ2) is 7.48. The van der Waals surface area contributed by atoms with E-state index in [-0.39, 0.29) is 6.09 Å². The summed E-state index contributed by atoms with van der Waals surface area (Å²) in [6.07, 6.45) is 3.80. The average Bonchev–Trinajstić information content (AvgIpc) is 2.28. The molecule has 1 amide bonds. The number of piperidine rings is 1. The fourth-order valence-electron chi connectivity index (χ4n) is 1.48. The van der Waals surface area contributed by atoms with Crippen LogP contribution in [-0.2, 0) is 4.74 Å². The van der Waals surface area contributed by atoms with Crippen molar-refractivity contribution < 1.29 is 9.53 Å². The van der Waals surface area contributed by atoms with Crippen LogP contribution in [0, 0.1) is 0 Å². The molecule has 1 atom stereocenters. The number of unbranched alkanes of at least 4 members (excludes halogenated alkanes) is 1. The minimum Gasteiger partial charge on any atom is -0.449 e. The highest BCUT2D eigenvalue weighted by Gasteiger charge is 2.13. The van der Waals surface area contributed by atoms with Crippen molar-refractivity contribution in [1.82, 2.24) is 16.2 Å². The van der Waals surface area contributed by atoms with Gasteiger partial charge in [-0.1, -0.05) is 13.3 Å². The van der Waals surface area contributed by atoms with Gasteiger partial charge < -0.3 is 10.1 Å². The Kier molecular flexibility index (Phi) is 6.11. The molecule has 1 heterocycles. The Balaban J connectivity index is 2.00. The quantitative estimate of drug-likeness (QED) is 0.468. The summed E-state index contributed by atoms with van der Waals surface area (Å²) in [6.45, 7) is 4.52. The number of hydrazine groups is 1. The molecular weight excluding hydrogens is 194 g/mol. The first-order valence-corrected chi connectivity index (χ1v) is 5.72. The molecule has 0 aromatic heterocycles. The van der Waals surface area contributed by atoms with Crippen LogP contribution in [0.2, 0.25) is 0 Å². The van der Waals surface area contributed by atoms with Gasteiger partial charge in [-0.15, -0.1) is 0 Å². The normalized spacial score (nSPS) is 21.0. The minimum atomic E-state index is -0.381. The summed E-state index contributed by atoms with van der Waals surface area (Å²) < 4.78 is 4.94. The lowest BCUT2D eigenvalue weighted by atomic mass is 10.1. The second-order valence-electron chi connectivity index (χ2n) is 3.80. The average molecular weight is 215 g/mol. The smallest absolute Gasteiger partial charge is 0.421 e. The lowest BCUT2D eigenvalue weighted by Crippen LogP contribution is -2.51. The number of hydrogen-bond acceptors (Lipinski definition) is 4. The van der Waals surface area contributed by atoms with E-state index in [1.807, 2.05) is 0 Å². The van der Waals surface area contributed by atoms with Gasteiger partial charge in [-0.2, -0.15) is 0 Å². The van der Waals surface area contributed by atoms with Gasteiger partial charge in [0.2, 0.25) is 0 Å². The Hall–Kier alpha value is -0.810. The summed E-state index contributed by atoms with van der Waals surface area (Å²) in [7, 11) is 0. The highest BCUT2D eigenvalue weighted by molar-refractivity contribution is 5.66. The molecule has 1 rings (SSSR count). The van der Waals surface area contributed by atoms with Gasteiger partial charge in [0.15, 0.2) is 0 Å². The first-order chi connectivity index (χ1) is 7.33. The zero-order valence-electron chi connectivity index (χ0n) is 9.34. The monoisotopic (exact) mass is 215 g/mol. The third-order valence-electron chi connectivity index (χ3n) is 2.41. The molecule has 88 valence electrons. The van der Waals surface area contributed by atoms with Gasteiger partial charge >= 0.3 is 6.09 Å². The second-order valence-corrected chi connectivity index (χ2v) is 3.80. The van der Waals surface area contributed by atoms with Crippen LogP contribution in [-0.4, -0.2) is 31.8 Å². The van der Waals surface area contributed by atoms with Crippen LogP contribution in [0.15, 0.2) is 0 Å². The Bertz CT molecular complexity index is 182. The lowest BCUT2D eigenvalue weighted by Gasteiger charge is -2.23. The van der Waals surface area contributed by atoms with Crippen LogP contribution >= 0.6 is 0 Å².